The van der Waals surface area contributed by atoms with Crippen LogP contribution in [0, 0.1) is 0 Å². The van der Waals surface area contributed by atoms with Crippen molar-refractivity contribution in [2.24, 2.45) is 10.7 Å². The molecule has 0 spiro atoms. The SMILES string of the molecule is C=C(/C=C(\C=C/C)NC(=O)c1cnc(OC)cn1)[C@]12CO[C@@H](C)C[C@@]1(F)CSC(N)=N2. The molecule has 3 N–H and O–H groups in total. The van der Waals surface area contributed by atoms with Crippen molar-refractivity contribution in [3.63, 3.8) is 0 Å². The molecule has 0 aliphatic carbocycles. The van der Waals surface area contributed by atoms with E-state index in [1.165, 1.54) is 31.3 Å². The lowest BCUT2D eigenvalue weighted by Gasteiger charge is -2.50. The summed E-state index contributed by atoms with van der Waals surface area (Å²) in [6.07, 6.45) is 7.60. The second kappa shape index (κ2) is 9.19. The Kier molecular flexibility index (Phi) is 6.80. The number of halogens is 1. The highest BCUT2D eigenvalue weighted by Gasteiger charge is 2.59. The lowest BCUT2D eigenvalue weighted by molar-refractivity contribution is -0.0884. The van der Waals surface area contributed by atoms with Crippen molar-refractivity contribution in [1.29, 1.82) is 0 Å². The average Bonchev–Trinajstić information content (AvgIpc) is 2.74. The van der Waals surface area contributed by atoms with Crippen LogP contribution < -0.4 is 15.8 Å². The molecule has 2 aliphatic heterocycles. The molecule has 0 bridgehead atoms. The minimum atomic E-state index is -1.67. The van der Waals surface area contributed by atoms with E-state index in [2.05, 4.69) is 26.9 Å². The first kappa shape index (κ1) is 23.0. The number of hydrogen-bond acceptors (Lipinski definition) is 8. The molecular weight excluding hydrogens is 421 g/mol. The molecule has 0 saturated carbocycles. The zero-order valence-electron chi connectivity index (χ0n) is 17.7. The fourth-order valence-corrected chi connectivity index (χ4v) is 4.55. The first-order chi connectivity index (χ1) is 14.7. The van der Waals surface area contributed by atoms with Gasteiger partial charge < -0.3 is 20.5 Å². The van der Waals surface area contributed by atoms with Crippen LogP contribution in [0.25, 0.3) is 0 Å². The van der Waals surface area contributed by atoms with Gasteiger partial charge in [-0.25, -0.2) is 19.4 Å². The van der Waals surface area contributed by atoms with Gasteiger partial charge in [0.2, 0.25) is 5.88 Å². The van der Waals surface area contributed by atoms with Gasteiger partial charge in [-0.3, -0.25) is 4.79 Å². The standard InChI is InChI=1S/C21H26FN5O3S/c1-5-6-15(26-18(28)16-9-25-17(29-4)10-24-16)7-13(2)21-11-30-14(3)8-20(21,22)12-31-19(23)27-21/h5-7,9-10,14H,2,8,11-12H2,1,3-4H3,(H2,23,27)(H,26,28)/b6-5-,15-7+/t14-,20+,21+/m0/s1. The summed E-state index contributed by atoms with van der Waals surface area (Å²) in [4.78, 5) is 25.1. The van der Waals surface area contributed by atoms with Gasteiger partial charge in [-0.2, -0.15) is 0 Å². The van der Waals surface area contributed by atoms with Gasteiger partial charge in [-0.1, -0.05) is 24.4 Å². The number of carbonyl (C=O) groups excluding carboxylic acids is 1. The van der Waals surface area contributed by atoms with Crippen LogP contribution in [0.3, 0.4) is 0 Å². The Bertz CT molecular complexity index is 949. The molecule has 1 saturated heterocycles. The maximum atomic E-state index is 16.1. The summed E-state index contributed by atoms with van der Waals surface area (Å²) in [5.41, 5.74) is 3.79. The lowest BCUT2D eigenvalue weighted by Crippen LogP contribution is -2.63. The molecule has 1 aromatic heterocycles. The smallest absolute Gasteiger partial charge is 0.275 e. The molecule has 8 nitrogen and oxygen atoms in total. The Hall–Kier alpha value is -2.72. The van der Waals surface area contributed by atoms with Crippen molar-refractivity contribution >= 4 is 22.8 Å². The highest BCUT2D eigenvalue weighted by Crippen LogP contribution is 2.48. The Morgan fingerprint density at radius 1 is 1.48 bits per heavy atom. The predicted molar refractivity (Wildman–Crippen MR) is 119 cm³/mol. The molecule has 166 valence electrons. The molecule has 3 atom stereocenters. The number of fused-ring (bicyclic) bond motifs is 1. The molecule has 31 heavy (non-hydrogen) atoms. The summed E-state index contributed by atoms with van der Waals surface area (Å²) >= 11 is 1.19. The number of ether oxygens (including phenoxy) is 2. The van der Waals surface area contributed by atoms with E-state index in [4.69, 9.17) is 15.2 Å². The van der Waals surface area contributed by atoms with Gasteiger partial charge in [-0.15, -0.1) is 0 Å². The summed E-state index contributed by atoms with van der Waals surface area (Å²) in [5, 5.41) is 3.03. The van der Waals surface area contributed by atoms with Crippen LogP contribution in [0.5, 0.6) is 5.88 Å². The third-order valence-corrected chi connectivity index (χ3v) is 6.20. The number of allylic oxidation sites excluding steroid dienone is 2. The van der Waals surface area contributed by atoms with E-state index < -0.39 is 17.1 Å². The Morgan fingerprint density at radius 2 is 2.26 bits per heavy atom. The molecule has 1 amide bonds. The maximum absolute atomic E-state index is 16.1. The summed E-state index contributed by atoms with van der Waals surface area (Å²) in [7, 11) is 1.46. The van der Waals surface area contributed by atoms with Crippen molar-refractivity contribution in [2.75, 3.05) is 19.5 Å². The van der Waals surface area contributed by atoms with E-state index >= 15 is 4.39 Å². The van der Waals surface area contributed by atoms with Crippen molar-refractivity contribution in [3.8, 4) is 5.88 Å². The number of aromatic nitrogens is 2. The number of aliphatic imine (C=N–C) groups is 1. The monoisotopic (exact) mass is 447 g/mol. The highest BCUT2D eigenvalue weighted by molar-refractivity contribution is 8.13. The van der Waals surface area contributed by atoms with Crippen LogP contribution in [0.1, 0.15) is 30.8 Å². The van der Waals surface area contributed by atoms with Crippen molar-refractivity contribution in [2.45, 2.75) is 37.6 Å². The van der Waals surface area contributed by atoms with E-state index in [1.54, 1.807) is 25.2 Å². The highest BCUT2D eigenvalue weighted by atomic mass is 32.2. The van der Waals surface area contributed by atoms with Crippen LogP contribution in [0.4, 0.5) is 4.39 Å². The molecule has 10 heteroatoms. The number of nitrogens with one attached hydrogen (secondary N) is 1. The van der Waals surface area contributed by atoms with Crippen LogP contribution in [0.2, 0.25) is 0 Å². The minimum absolute atomic E-state index is 0.0162. The third kappa shape index (κ3) is 4.64. The number of carbonyl (C=O) groups is 1. The number of thioether (sulfide) groups is 1. The Balaban J connectivity index is 1.90. The summed E-state index contributed by atoms with van der Waals surface area (Å²) in [6, 6.07) is 0. The van der Waals surface area contributed by atoms with Gasteiger partial charge in [0.05, 0.1) is 32.2 Å². The summed E-state index contributed by atoms with van der Waals surface area (Å²) in [6.45, 7) is 7.73. The molecule has 0 aromatic carbocycles. The molecule has 1 aromatic rings. The van der Waals surface area contributed by atoms with E-state index in [1.807, 2.05) is 6.92 Å². The molecule has 0 radical (unpaired) electrons. The lowest BCUT2D eigenvalue weighted by atomic mass is 9.72. The van der Waals surface area contributed by atoms with Crippen LogP contribution in [-0.4, -0.2) is 57.8 Å². The number of nitrogens with zero attached hydrogens (tertiary/aromatic N) is 3. The van der Waals surface area contributed by atoms with E-state index in [0.29, 0.717) is 17.2 Å². The number of amidine groups is 1. The second-order valence-corrected chi connectivity index (χ2v) is 8.41. The van der Waals surface area contributed by atoms with E-state index in [-0.39, 0.29) is 35.7 Å². The van der Waals surface area contributed by atoms with Gasteiger partial charge >= 0.3 is 0 Å². The molecule has 0 unspecified atom stereocenters. The first-order valence-corrected chi connectivity index (χ1v) is 10.7. The Labute approximate surface area is 184 Å². The summed E-state index contributed by atoms with van der Waals surface area (Å²) in [5.74, 6) is -0.0212. The molecular formula is C21H26FN5O3S. The van der Waals surface area contributed by atoms with E-state index in [0.717, 1.165) is 0 Å². The largest absolute Gasteiger partial charge is 0.480 e. The number of alkyl halides is 1. The fraction of sp³-hybridized carbons (Fsp3) is 0.429. The zero-order chi connectivity index (χ0) is 22.6. The average molecular weight is 448 g/mol. The van der Waals surface area contributed by atoms with Crippen molar-refractivity contribution in [1.82, 2.24) is 15.3 Å². The number of amides is 1. The molecule has 2 aliphatic rings. The number of methoxy groups -OCH3 is 1. The topological polar surface area (TPSA) is 112 Å². The number of nitrogens with two attached hydrogens (primary N) is 1. The van der Waals surface area contributed by atoms with Gasteiger partial charge in [0.25, 0.3) is 5.91 Å². The van der Waals surface area contributed by atoms with E-state index in [9.17, 15) is 4.79 Å². The molecule has 1 fully saturated rings. The first-order valence-electron chi connectivity index (χ1n) is 9.73. The maximum Gasteiger partial charge on any atom is 0.275 e. The van der Waals surface area contributed by atoms with Crippen molar-refractivity contribution in [3.05, 3.63) is 54.2 Å². The predicted octanol–water partition coefficient (Wildman–Crippen LogP) is 2.55. The van der Waals surface area contributed by atoms with Gasteiger partial charge in [-0.05, 0) is 31.6 Å². The quantitative estimate of drug-likeness (QED) is 0.645. The third-order valence-electron chi connectivity index (χ3n) is 5.21. The fourth-order valence-electron chi connectivity index (χ4n) is 3.59. The number of rotatable bonds is 6. The van der Waals surface area contributed by atoms with Crippen LogP contribution >= 0.6 is 11.8 Å². The number of hydrogen-bond donors (Lipinski definition) is 2. The van der Waals surface area contributed by atoms with Gasteiger partial charge in [0.15, 0.2) is 10.8 Å². The van der Waals surface area contributed by atoms with Crippen LogP contribution in [-0.2, 0) is 4.74 Å². The Morgan fingerprint density at radius 3 is 2.90 bits per heavy atom. The zero-order valence-corrected chi connectivity index (χ0v) is 18.5. The normalized spacial score (nSPS) is 28.6. The molecule has 3 rings (SSSR count). The summed E-state index contributed by atoms with van der Waals surface area (Å²) < 4.78 is 26.8. The molecule has 3 heterocycles. The minimum Gasteiger partial charge on any atom is -0.480 e. The van der Waals surface area contributed by atoms with Gasteiger partial charge in [0, 0.05) is 17.9 Å². The van der Waals surface area contributed by atoms with Gasteiger partial charge in [0.1, 0.15) is 11.2 Å². The van der Waals surface area contributed by atoms with Crippen molar-refractivity contribution < 1.29 is 18.7 Å². The van der Waals surface area contributed by atoms with Crippen LogP contribution in [0.15, 0.2) is 53.5 Å². The second-order valence-electron chi connectivity index (χ2n) is 7.41.